The smallest absolute Gasteiger partial charge is 0.438 e. The molecule has 138 valence electrons. The summed E-state index contributed by atoms with van der Waals surface area (Å²) in [7, 11) is 0. The first-order valence-electron chi connectivity index (χ1n) is 7.70. The van der Waals surface area contributed by atoms with Crippen molar-refractivity contribution in [3.05, 3.63) is 65.7 Å². The molecular formula is C18H21ClF3NO2. The molecule has 0 amide bonds. The van der Waals surface area contributed by atoms with Gasteiger partial charge in [-0.2, -0.15) is 13.2 Å². The van der Waals surface area contributed by atoms with Crippen LogP contribution in [0.15, 0.2) is 54.6 Å². The fourth-order valence-electron chi connectivity index (χ4n) is 2.25. The van der Waals surface area contributed by atoms with Crippen LogP contribution < -0.4 is 22.5 Å². The largest absolute Gasteiger partial charge is 1.00 e. The molecular weight excluding hydrogens is 355 g/mol. The molecule has 2 rings (SSSR count). The number of hydrogen-bond donors (Lipinski definition) is 2. The third kappa shape index (κ3) is 7.34. The van der Waals surface area contributed by atoms with Crippen molar-refractivity contribution in [2.75, 3.05) is 6.54 Å². The summed E-state index contributed by atoms with van der Waals surface area (Å²) in [6.07, 6.45) is -5.22. The van der Waals surface area contributed by atoms with Crippen molar-refractivity contribution in [2.45, 2.75) is 31.9 Å². The van der Waals surface area contributed by atoms with Crippen molar-refractivity contribution < 1.29 is 40.7 Å². The van der Waals surface area contributed by atoms with E-state index in [0.717, 1.165) is 10.9 Å². The zero-order chi connectivity index (χ0) is 17.6. The molecule has 0 radical (unpaired) electrons. The van der Waals surface area contributed by atoms with Crippen molar-refractivity contribution >= 4 is 0 Å². The van der Waals surface area contributed by atoms with E-state index in [0.29, 0.717) is 17.9 Å². The molecule has 7 heteroatoms. The van der Waals surface area contributed by atoms with Crippen LogP contribution in [-0.2, 0) is 6.61 Å². The van der Waals surface area contributed by atoms with Gasteiger partial charge in [0, 0.05) is 0 Å². The molecule has 0 fully saturated rings. The molecule has 0 bridgehead atoms. The van der Waals surface area contributed by atoms with Gasteiger partial charge < -0.3 is 27.6 Å². The second-order valence-corrected chi connectivity index (χ2v) is 5.70. The lowest BCUT2D eigenvalue weighted by atomic mass is 10.0. The maximum atomic E-state index is 12.2. The van der Waals surface area contributed by atoms with Gasteiger partial charge in [0.05, 0.1) is 0 Å². The van der Waals surface area contributed by atoms with Gasteiger partial charge in [-0.05, 0) is 30.2 Å². The molecule has 3 N–H and O–H groups in total. The van der Waals surface area contributed by atoms with E-state index >= 15 is 0 Å². The highest BCUT2D eigenvalue weighted by Crippen LogP contribution is 2.20. The van der Waals surface area contributed by atoms with Gasteiger partial charge in [-0.15, -0.1) is 0 Å². The number of quaternary nitrogens is 1. The summed E-state index contributed by atoms with van der Waals surface area (Å²) in [4.78, 5) is 0. The Balaban J connectivity index is 0.00000312. The van der Waals surface area contributed by atoms with Gasteiger partial charge in [-0.25, -0.2) is 0 Å². The fraction of sp³-hybridized carbons (Fsp3) is 0.333. The number of alkyl halides is 3. The number of aliphatic hydroxyl groups is 1. The summed E-state index contributed by atoms with van der Waals surface area (Å²) in [6.45, 7) is 0.984. The van der Waals surface area contributed by atoms with Crippen molar-refractivity contribution in [1.82, 2.24) is 0 Å². The summed E-state index contributed by atoms with van der Waals surface area (Å²) in [5.74, 6) is 0.640. The fourth-order valence-corrected chi connectivity index (χ4v) is 2.25. The molecule has 2 unspecified atom stereocenters. The molecule has 0 heterocycles. The zero-order valence-corrected chi connectivity index (χ0v) is 14.5. The Bertz CT molecular complexity index is 620. The van der Waals surface area contributed by atoms with E-state index in [9.17, 15) is 18.3 Å². The second-order valence-electron chi connectivity index (χ2n) is 5.70. The minimum Gasteiger partial charge on any atom is -1.00 e. The van der Waals surface area contributed by atoms with Crippen molar-refractivity contribution in [3.63, 3.8) is 0 Å². The highest BCUT2D eigenvalue weighted by Gasteiger charge is 2.32. The lowest BCUT2D eigenvalue weighted by Gasteiger charge is -2.19. The molecule has 0 spiro atoms. The number of rotatable bonds is 7. The number of aliphatic hydroxyl groups excluding tert-OH is 1. The predicted octanol–water partition coefficient (Wildman–Crippen LogP) is -0.183. The van der Waals surface area contributed by atoms with Crippen LogP contribution in [0.5, 0.6) is 5.75 Å². The van der Waals surface area contributed by atoms with Crippen molar-refractivity contribution in [1.29, 1.82) is 0 Å². The quantitative estimate of drug-likeness (QED) is 0.705. The van der Waals surface area contributed by atoms with Gasteiger partial charge in [-0.3, -0.25) is 0 Å². The Morgan fingerprint density at radius 2 is 1.64 bits per heavy atom. The Morgan fingerprint density at radius 3 is 2.20 bits per heavy atom. The van der Waals surface area contributed by atoms with Crippen molar-refractivity contribution in [3.8, 4) is 5.75 Å². The third-order valence-corrected chi connectivity index (χ3v) is 3.69. The molecule has 0 saturated carbocycles. The summed E-state index contributed by atoms with van der Waals surface area (Å²) in [6, 6.07) is 15.8. The van der Waals surface area contributed by atoms with Gasteiger partial charge in [0.2, 0.25) is 0 Å². The predicted molar refractivity (Wildman–Crippen MR) is 84.5 cm³/mol. The van der Waals surface area contributed by atoms with Gasteiger partial charge in [0.1, 0.15) is 24.5 Å². The molecule has 0 aromatic heterocycles. The summed E-state index contributed by atoms with van der Waals surface area (Å²) in [5.41, 5.74) is 1.60. The van der Waals surface area contributed by atoms with Crippen LogP contribution in [0.4, 0.5) is 13.2 Å². The third-order valence-electron chi connectivity index (χ3n) is 3.69. The molecule has 25 heavy (non-hydrogen) atoms. The normalized spacial score (nSPS) is 13.6. The molecule has 0 saturated heterocycles. The zero-order valence-electron chi connectivity index (χ0n) is 13.7. The summed E-state index contributed by atoms with van der Waals surface area (Å²) >= 11 is 0. The minimum atomic E-state index is -4.25. The first-order valence-corrected chi connectivity index (χ1v) is 7.70. The number of halogens is 4. The van der Waals surface area contributed by atoms with E-state index < -0.39 is 24.9 Å². The average Bonchev–Trinajstić information content (AvgIpc) is 2.58. The van der Waals surface area contributed by atoms with E-state index in [4.69, 9.17) is 4.74 Å². The van der Waals surface area contributed by atoms with Crippen LogP contribution >= 0.6 is 0 Å². The lowest BCUT2D eigenvalue weighted by Crippen LogP contribution is -3.00. The monoisotopic (exact) mass is 375 g/mol. The number of benzene rings is 2. The summed E-state index contributed by atoms with van der Waals surface area (Å²) in [5, 5.41) is 11.2. The van der Waals surface area contributed by atoms with Crippen LogP contribution in [0.3, 0.4) is 0 Å². The lowest BCUT2D eigenvalue weighted by molar-refractivity contribution is -0.712. The number of nitrogens with two attached hydrogens (primary N) is 1. The molecule has 0 aliphatic carbocycles. The highest BCUT2D eigenvalue weighted by atomic mass is 35.5. The molecule has 0 aliphatic heterocycles. The maximum absolute atomic E-state index is 12.2. The van der Waals surface area contributed by atoms with Crippen molar-refractivity contribution in [2.24, 2.45) is 0 Å². The number of ether oxygens (including phenoxy) is 1. The van der Waals surface area contributed by atoms with Gasteiger partial charge in [0.25, 0.3) is 0 Å². The van der Waals surface area contributed by atoms with E-state index in [2.05, 4.69) is 0 Å². The molecule has 2 aromatic rings. The van der Waals surface area contributed by atoms with Crippen LogP contribution in [0.1, 0.15) is 24.2 Å². The van der Waals surface area contributed by atoms with E-state index in [1.807, 2.05) is 30.3 Å². The van der Waals surface area contributed by atoms with Crippen LogP contribution in [0, 0.1) is 0 Å². The molecule has 3 nitrogen and oxygen atoms in total. The first kappa shape index (κ1) is 21.3. The molecule has 2 aromatic carbocycles. The van der Waals surface area contributed by atoms with Crippen LogP contribution in [-0.4, -0.2) is 23.9 Å². The van der Waals surface area contributed by atoms with Gasteiger partial charge in [0.15, 0.2) is 6.54 Å². The van der Waals surface area contributed by atoms with Crippen LogP contribution in [0.2, 0.25) is 0 Å². The number of hydrogen-bond acceptors (Lipinski definition) is 2. The average molecular weight is 376 g/mol. The van der Waals surface area contributed by atoms with E-state index in [-0.39, 0.29) is 12.4 Å². The van der Waals surface area contributed by atoms with E-state index in [1.54, 1.807) is 31.2 Å². The standard InChI is InChI=1S/C18H20F3NO2.ClH/c1-13(22-12-18(19,20)21)17(23)15-7-9-16(10-8-15)24-11-14-5-3-2-4-6-14;/h2-10,13,17,22-23H,11-12H2,1H3;1H. The minimum absolute atomic E-state index is 0. The van der Waals surface area contributed by atoms with Gasteiger partial charge in [-0.1, -0.05) is 42.5 Å². The topological polar surface area (TPSA) is 46.1 Å². The highest BCUT2D eigenvalue weighted by molar-refractivity contribution is 5.29. The Morgan fingerprint density at radius 1 is 1.04 bits per heavy atom. The summed E-state index contributed by atoms with van der Waals surface area (Å²) < 4.78 is 42.3. The second kappa shape index (κ2) is 9.65. The maximum Gasteiger partial charge on any atom is 0.438 e. The Kier molecular flexibility index (Phi) is 8.22. The SMILES string of the molecule is CC([NH2+]CC(F)(F)F)C(O)c1ccc(OCc2ccccc2)cc1.[Cl-]. The van der Waals surface area contributed by atoms with Gasteiger partial charge >= 0.3 is 6.18 Å². The molecule has 0 aliphatic rings. The Labute approximate surface area is 151 Å². The Hall–Kier alpha value is -1.76. The van der Waals surface area contributed by atoms with E-state index in [1.165, 1.54) is 0 Å². The molecule has 2 atom stereocenters. The van der Waals surface area contributed by atoms with Crippen LogP contribution in [0.25, 0.3) is 0 Å². The first-order chi connectivity index (χ1) is 11.3.